The van der Waals surface area contributed by atoms with Crippen molar-refractivity contribution >= 4 is 5.69 Å². The van der Waals surface area contributed by atoms with Crippen LogP contribution in [0, 0.1) is 5.92 Å². The number of nitrogen functional groups attached to an aromatic ring is 1. The Morgan fingerprint density at radius 3 is 2.78 bits per heavy atom. The molecule has 1 fully saturated rings. The zero-order valence-electron chi connectivity index (χ0n) is 11.4. The number of nitrogens with two attached hydrogens (primary N) is 1. The Morgan fingerprint density at radius 1 is 1.39 bits per heavy atom. The summed E-state index contributed by atoms with van der Waals surface area (Å²) in [7, 11) is 2.20. The number of nitrogens with one attached hydrogen (secondary N) is 1. The van der Waals surface area contributed by atoms with Crippen LogP contribution in [-0.4, -0.2) is 23.0 Å². The van der Waals surface area contributed by atoms with E-state index in [0.29, 0.717) is 6.04 Å². The molecule has 0 aromatic carbocycles. The van der Waals surface area contributed by atoms with E-state index in [1.165, 1.54) is 25.7 Å². The fourth-order valence-corrected chi connectivity index (χ4v) is 2.72. The second-order valence-electron chi connectivity index (χ2n) is 5.51. The van der Waals surface area contributed by atoms with E-state index in [-0.39, 0.29) is 0 Å². The molecule has 1 aromatic heterocycles. The highest BCUT2D eigenvalue weighted by atomic mass is 15.2. The molecule has 3 N–H and O–H groups in total. The number of hydrogen-bond acceptors (Lipinski definition) is 4. The van der Waals surface area contributed by atoms with Crippen LogP contribution in [0.25, 0.3) is 0 Å². The normalized spacial score (nSPS) is 24.2. The van der Waals surface area contributed by atoms with E-state index >= 15 is 0 Å². The number of hydrogen-bond donors (Lipinski definition) is 2. The molecule has 4 nitrogen and oxygen atoms in total. The van der Waals surface area contributed by atoms with E-state index in [1.54, 1.807) is 6.20 Å². The molecule has 0 atom stereocenters. The zero-order chi connectivity index (χ0) is 13.0. The highest BCUT2D eigenvalue weighted by Gasteiger charge is 2.21. The van der Waals surface area contributed by atoms with Gasteiger partial charge in [-0.3, -0.25) is 15.7 Å². The van der Waals surface area contributed by atoms with Crippen LogP contribution in [-0.2, 0) is 6.54 Å². The van der Waals surface area contributed by atoms with Gasteiger partial charge in [-0.15, -0.1) is 0 Å². The third kappa shape index (κ3) is 3.43. The lowest BCUT2D eigenvalue weighted by atomic mass is 9.87. The summed E-state index contributed by atoms with van der Waals surface area (Å²) in [5, 5.41) is 0. The van der Waals surface area contributed by atoms with Crippen molar-refractivity contribution in [2.24, 2.45) is 11.8 Å². The molecule has 1 aliphatic rings. The van der Waals surface area contributed by atoms with Crippen LogP contribution in [0.3, 0.4) is 0 Å². The SMILES string of the molecule is CC1CCC(N(C)Cc2cc(NN)ccn2)CC1. The van der Waals surface area contributed by atoms with Crippen molar-refractivity contribution in [1.29, 1.82) is 0 Å². The molecule has 0 amide bonds. The summed E-state index contributed by atoms with van der Waals surface area (Å²) in [5.41, 5.74) is 4.66. The zero-order valence-corrected chi connectivity index (χ0v) is 11.4. The van der Waals surface area contributed by atoms with Crippen LogP contribution < -0.4 is 11.3 Å². The average molecular weight is 248 g/mol. The van der Waals surface area contributed by atoms with Gasteiger partial charge >= 0.3 is 0 Å². The van der Waals surface area contributed by atoms with Crippen molar-refractivity contribution in [3.05, 3.63) is 24.0 Å². The van der Waals surface area contributed by atoms with E-state index in [0.717, 1.165) is 23.8 Å². The minimum absolute atomic E-state index is 0.706. The van der Waals surface area contributed by atoms with Gasteiger partial charge in [0, 0.05) is 18.8 Å². The maximum absolute atomic E-state index is 5.42. The lowest BCUT2D eigenvalue weighted by Gasteiger charge is -2.33. The van der Waals surface area contributed by atoms with Gasteiger partial charge in [0.15, 0.2) is 0 Å². The number of aromatic nitrogens is 1. The van der Waals surface area contributed by atoms with E-state index in [1.807, 2.05) is 12.1 Å². The summed E-state index contributed by atoms with van der Waals surface area (Å²) >= 11 is 0. The van der Waals surface area contributed by atoms with Gasteiger partial charge in [-0.2, -0.15) is 0 Å². The van der Waals surface area contributed by atoms with Gasteiger partial charge in [0.05, 0.1) is 11.4 Å². The van der Waals surface area contributed by atoms with Crippen LogP contribution in [0.4, 0.5) is 5.69 Å². The molecule has 0 aliphatic heterocycles. The Hall–Kier alpha value is -1.13. The largest absolute Gasteiger partial charge is 0.324 e. The molecular weight excluding hydrogens is 224 g/mol. The molecule has 100 valence electrons. The Labute approximate surface area is 110 Å². The van der Waals surface area contributed by atoms with Gasteiger partial charge in [0.25, 0.3) is 0 Å². The minimum atomic E-state index is 0.706. The molecule has 4 heteroatoms. The van der Waals surface area contributed by atoms with E-state index in [9.17, 15) is 0 Å². The van der Waals surface area contributed by atoms with Gasteiger partial charge in [0.1, 0.15) is 0 Å². The molecular formula is C14H24N4. The Balaban J connectivity index is 1.91. The first-order valence-corrected chi connectivity index (χ1v) is 6.81. The molecule has 0 saturated heterocycles. The maximum Gasteiger partial charge on any atom is 0.0564 e. The monoisotopic (exact) mass is 248 g/mol. The standard InChI is InChI=1S/C14H24N4/c1-11-3-5-14(6-4-11)18(2)10-13-9-12(17-15)7-8-16-13/h7-9,11,14H,3-6,10,15H2,1-2H3,(H,16,17). The summed E-state index contributed by atoms with van der Waals surface area (Å²) in [5.74, 6) is 6.32. The second kappa shape index (κ2) is 6.16. The molecule has 0 bridgehead atoms. The highest BCUT2D eigenvalue weighted by Crippen LogP contribution is 2.27. The number of rotatable bonds is 4. The summed E-state index contributed by atoms with van der Waals surface area (Å²) in [4.78, 5) is 6.82. The number of anilines is 1. The smallest absolute Gasteiger partial charge is 0.0564 e. The molecule has 1 aliphatic carbocycles. The van der Waals surface area contributed by atoms with Crippen molar-refractivity contribution in [3.63, 3.8) is 0 Å². The van der Waals surface area contributed by atoms with Crippen molar-refractivity contribution in [2.45, 2.75) is 45.2 Å². The first-order chi connectivity index (χ1) is 8.69. The second-order valence-corrected chi connectivity index (χ2v) is 5.51. The van der Waals surface area contributed by atoms with Crippen molar-refractivity contribution in [2.75, 3.05) is 12.5 Å². The Bertz CT molecular complexity index is 372. The third-order valence-corrected chi connectivity index (χ3v) is 4.00. The van der Waals surface area contributed by atoms with Crippen LogP contribution >= 0.6 is 0 Å². The Kier molecular flexibility index (Phi) is 4.55. The molecule has 1 heterocycles. The Morgan fingerprint density at radius 2 is 2.11 bits per heavy atom. The summed E-state index contributed by atoms with van der Waals surface area (Å²) in [6, 6.07) is 4.60. The highest BCUT2D eigenvalue weighted by molar-refractivity contribution is 5.41. The van der Waals surface area contributed by atoms with Crippen molar-refractivity contribution in [3.8, 4) is 0 Å². The van der Waals surface area contributed by atoms with Gasteiger partial charge in [-0.05, 0) is 50.8 Å². The van der Waals surface area contributed by atoms with Gasteiger partial charge in [0.2, 0.25) is 0 Å². The fraction of sp³-hybridized carbons (Fsp3) is 0.643. The van der Waals surface area contributed by atoms with Gasteiger partial charge in [-0.25, -0.2) is 0 Å². The van der Waals surface area contributed by atoms with E-state index in [2.05, 4.69) is 29.3 Å². The van der Waals surface area contributed by atoms with Crippen molar-refractivity contribution in [1.82, 2.24) is 9.88 Å². The van der Waals surface area contributed by atoms with E-state index < -0.39 is 0 Å². The fourth-order valence-electron chi connectivity index (χ4n) is 2.72. The number of hydrazine groups is 1. The van der Waals surface area contributed by atoms with Crippen molar-refractivity contribution < 1.29 is 0 Å². The predicted molar refractivity (Wildman–Crippen MR) is 74.9 cm³/mol. The average Bonchev–Trinajstić information content (AvgIpc) is 2.39. The molecule has 0 spiro atoms. The predicted octanol–water partition coefficient (Wildman–Crippen LogP) is 2.38. The number of nitrogens with zero attached hydrogens (tertiary/aromatic N) is 2. The first kappa shape index (κ1) is 13.3. The van der Waals surface area contributed by atoms with Gasteiger partial charge < -0.3 is 5.43 Å². The topological polar surface area (TPSA) is 54.2 Å². The van der Waals surface area contributed by atoms with Crippen LogP contribution in [0.1, 0.15) is 38.3 Å². The molecule has 2 rings (SSSR count). The molecule has 0 unspecified atom stereocenters. The third-order valence-electron chi connectivity index (χ3n) is 4.00. The van der Waals surface area contributed by atoms with E-state index in [4.69, 9.17) is 5.84 Å². The number of pyridine rings is 1. The lowest BCUT2D eigenvalue weighted by molar-refractivity contribution is 0.162. The summed E-state index contributed by atoms with van der Waals surface area (Å²) in [6.45, 7) is 3.25. The molecule has 1 aromatic rings. The van der Waals surface area contributed by atoms with Crippen LogP contribution in [0.15, 0.2) is 18.3 Å². The maximum atomic E-state index is 5.42. The summed E-state index contributed by atoms with van der Waals surface area (Å²) in [6.07, 6.45) is 7.14. The van der Waals surface area contributed by atoms with Gasteiger partial charge in [-0.1, -0.05) is 6.92 Å². The molecule has 0 radical (unpaired) electrons. The molecule has 18 heavy (non-hydrogen) atoms. The summed E-state index contributed by atoms with van der Waals surface area (Å²) < 4.78 is 0. The quantitative estimate of drug-likeness (QED) is 0.634. The first-order valence-electron chi connectivity index (χ1n) is 6.81. The molecule has 1 saturated carbocycles. The van der Waals surface area contributed by atoms with Crippen LogP contribution in [0.5, 0.6) is 0 Å². The lowest BCUT2D eigenvalue weighted by Crippen LogP contribution is -2.34. The minimum Gasteiger partial charge on any atom is -0.324 e. The van der Waals surface area contributed by atoms with Crippen LogP contribution in [0.2, 0.25) is 0 Å².